The molecule has 0 radical (unpaired) electrons. The number of anilines is 2. The van der Waals surface area contributed by atoms with Crippen molar-refractivity contribution in [1.29, 1.82) is 10.5 Å². The number of furan rings is 1. The van der Waals surface area contributed by atoms with Gasteiger partial charge in [0.05, 0.1) is 22.6 Å². The van der Waals surface area contributed by atoms with Gasteiger partial charge in [0, 0.05) is 11.3 Å². The molecule has 2 heterocycles. The third-order valence-corrected chi connectivity index (χ3v) is 5.36. The molecule has 1 atom stereocenters. The number of hydrogen-bond donors (Lipinski definition) is 3. The van der Waals surface area contributed by atoms with E-state index in [-0.39, 0.29) is 33.4 Å². The van der Waals surface area contributed by atoms with Crippen LogP contribution in [0.4, 0.5) is 11.5 Å². The fourth-order valence-corrected chi connectivity index (χ4v) is 3.65. The first-order chi connectivity index (χ1) is 14.8. The molecule has 154 valence electrons. The number of amides is 2. The number of carbonyl (C=O) groups is 2. The van der Waals surface area contributed by atoms with Crippen molar-refractivity contribution in [3.8, 4) is 23.5 Å². The minimum absolute atomic E-state index is 0.0301. The monoisotopic (exact) mass is 432 g/mol. The van der Waals surface area contributed by atoms with E-state index in [2.05, 4.69) is 10.3 Å². The minimum atomic E-state index is -0.660. The third-order valence-electron chi connectivity index (χ3n) is 4.28. The molecule has 3 aromatic rings. The SMILES string of the molecule is CC(Sc1nc(N)c(C#N)c(-c2ccco2)c1C#N)C(=O)Nc1ccc(C(N)=O)cc1. The third kappa shape index (κ3) is 4.50. The largest absolute Gasteiger partial charge is 0.464 e. The van der Waals surface area contributed by atoms with Crippen molar-refractivity contribution in [1.82, 2.24) is 4.98 Å². The molecule has 0 spiro atoms. The van der Waals surface area contributed by atoms with Crippen molar-refractivity contribution in [2.45, 2.75) is 17.2 Å². The highest BCUT2D eigenvalue weighted by Gasteiger charge is 2.25. The average Bonchev–Trinajstić information content (AvgIpc) is 3.28. The Morgan fingerprint density at radius 3 is 2.39 bits per heavy atom. The molecular formula is C21H16N6O3S. The van der Waals surface area contributed by atoms with Crippen LogP contribution in [0.15, 0.2) is 52.1 Å². The van der Waals surface area contributed by atoms with Crippen LogP contribution in [-0.2, 0) is 4.79 Å². The van der Waals surface area contributed by atoms with Gasteiger partial charge in [-0.05, 0) is 43.3 Å². The Balaban J connectivity index is 1.88. The number of nitrogens with zero attached hydrogens (tertiary/aromatic N) is 3. The number of aromatic nitrogens is 1. The van der Waals surface area contributed by atoms with Crippen LogP contribution in [0, 0.1) is 22.7 Å². The van der Waals surface area contributed by atoms with Gasteiger partial charge in [-0.3, -0.25) is 9.59 Å². The van der Waals surface area contributed by atoms with Crippen LogP contribution in [-0.4, -0.2) is 22.0 Å². The Kier molecular flexibility index (Phi) is 6.24. The van der Waals surface area contributed by atoms with Crippen molar-refractivity contribution in [2.75, 3.05) is 11.1 Å². The summed E-state index contributed by atoms with van der Waals surface area (Å²) >= 11 is 1.02. The molecule has 0 aliphatic heterocycles. The second-order valence-electron chi connectivity index (χ2n) is 6.32. The number of thioether (sulfide) groups is 1. The van der Waals surface area contributed by atoms with Gasteiger partial charge in [0.15, 0.2) is 0 Å². The summed E-state index contributed by atoms with van der Waals surface area (Å²) in [4.78, 5) is 27.9. The molecule has 1 aromatic carbocycles. The molecule has 0 saturated carbocycles. The molecule has 0 aliphatic rings. The topological polar surface area (TPSA) is 172 Å². The van der Waals surface area contributed by atoms with Crippen molar-refractivity contribution in [3.05, 3.63) is 59.4 Å². The molecular weight excluding hydrogens is 416 g/mol. The fraction of sp³-hybridized carbons (Fsp3) is 0.0952. The smallest absolute Gasteiger partial charge is 0.248 e. The predicted molar refractivity (Wildman–Crippen MR) is 115 cm³/mol. The van der Waals surface area contributed by atoms with Crippen LogP contribution < -0.4 is 16.8 Å². The molecule has 10 heteroatoms. The lowest BCUT2D eigenvalue weighted by atomic mass is 10.0. The van der Waals surface area contributed by atoms with E-state index in [0.717, 1.165) is 11.8 Å². The average molecular weight is 432 g/mol. The van der Waals surface area contributed by atoms with Crippen LogP contribution in [0.25, 0.3) is 11.3 Å². The second-order valence-corrected chi connectivity index (χ2v) is 7.65. The van der Waals surface area contributed by atoms with Gasteiger partial charge in [-0.25, -0.2) is 4.98 Å². The van der Waals surface area contributed by atoms with Crippen molar-refractivity contribution in [3.63, 3.8) is 0 Å². The van der Waals surface area contributed by atoms with Crippen LogP contribution in [0.5, 0.6) is 0 Å². The zero-order valence-electron chi connectivity index (χ0n) is 16.2. The maximum atomic E-state index is 12.6. The van der Waals surface area contributed by atoms with Crippen LogP contribution >= 0.6 is 11.8 Å². The summed E-state index contributed by atoms with van der Waals surface area (Å²) in [5, 5.41) is 21.5. The molecule has 0 saturated heterocycles. The van der Waals surface area contributed by atoms with E-state index in [1.807, 2.05) is 12.1 Å². The first-order valence-corrected chi connectivity index (χ1v) is 9.78. The number of nitrogen functional groups attached to an aromatic ring is 1. The van der Waals surface area contributed by atoms with E-state index in [4.69, 9.17) is 15.9 Å². The van der Waals surface area contributed by atoms with Gasteiger partial charge in [-0.2, -0.15) is 10.5 Å². The quantitative estimate of drug-likeness (QED) is 0.499. The minimum Gasteiger partial charge on any atom is -0.464 e. The maximum Gasteiger partial charge on any atom is 0.248 e. The number of nitrogens with two attached hydrogens (primary N) is 2. The number of nitrogens with one attached hydrogen (secondary N) is 1. The molecule has 5 N–H and O–H groups in total. The second kappa shape index (κ2) is 9.03. The summed E-state index contributed by atoms with van der Waals surface area (Å²) in [7, 11) is 0. The Labute approximate surface area is 181 Å². The van der Waals surface area contributed by atoms with Gasteiger partial charge in [-0.15, -0.1) is 0 Å². The number of rotatable bonds is 6. The highest BCUT2D eigenvalue weighted by molar-refractivity contribution is 8.00. The lowest BCUT2D eigenvalue weighted by Crippen LogP contribution is -2.23. The first-order valence-electron chi connectivity index (χ1n) is 8.90. The molecule has 3 rings (SSSR count). The normalized spacial score (nSPS) is 11.2. The van der Waals surface area contributed by atoms with E-state index in [9.17, 15) is 20.1 Å². The zero-order chi connectivity index (χ0) is 22.5. The van der Waals surface area contributed by atoms with E-state index in [0.29, 0.717) is 17.0 Å². The lowest BCUT2D eigenvalue weighted by Gasteiger charge is -2.15. The number of pyridine rings is 1. The van der Waals surface area contributed by atoms with Gasteiger partial charge in [-0.1, -0.05) is 11.8 Å². The van der Waals surface area contributed by atoms with E-state index in [1.54, 1.807) is 31.2 Å². The molecule has 2 amide bonds. The van der Waals surface area contributed by atoms with Crippen molar-refractivity contribution >= 4 is 35.1 Å². The van der Waals surface area contributed by atoms with E-state index >= 15 is 0 Å². The fourth-order valence-electron chi connectivity index (χ4n) is 2.73. The van der Waals surface area contributed by atoms with Crippen molar-refractivity contribution < 1.29 is 14.0 Å². The van der Waals surface area contributed by atoms with E-state index in [1.165, 1.54) is 18.4 Å². The van der Waals surface area contributed by atoms with Gasteiger partial charge in [0.25, 0.3) is 0 Å². The summed E-state index contributed by atoms with van der Waals surface area (Å²) in [6, 6.07) is 13.3. The number of carbonyl (C=O) groups excluding carboxylic acids is 2. The Hall–Kier alpha value is -4.28. The molecule has 2 aromatic heterocycles. The lowest BCUT2D eigenvalue weighted by molar-refractivity contribution is -0.115. The standard InChI is InChI=1S/C21H16N6O3S/c1-11(20(29)26-13-6-4-12(5-7-13)19(25)28)31-21-15(10-23)17(16-3-2-8-30-16)14(9-22)18(24)27-21/h2-8,11H,1H3,(H2,24,27)(H2,25,28)(H,26,29). The molecule has 0 aliphatic carbocycles. The van der Waals surface area contributed by atoms with Gasteiger partial charge >= 0.3 is 0 Å². The summed E-state index contributed by atoms with van der Waals surface area (Å²) < 4.78 is 5.37. The Morgan fingerprint density at radius 1 is 1.16 bits per heavy atom. The van der Waals surface area contributed by atoms with Gasteiger partial charge in [0.2, 0.25) is 11.8 Å². The van der Waals surface area contributed by atoms with Crippen LogP contribution in [0.3, 0.4) is 0 Å². The number of primary amides is 1. The summed E-state index contributed by atoms with van der Waals surface area (Å²) in [6.45, 7) is 1.64. The van der Waals surface area contributed by atoms with E-state index < -0.39 is 11.2 Å². The number of nitriles is 2. The van der Waals surface area contributed by atoms with Crippen LogP contribution in [0.1, 0.15) is 28.4 Å². The molecule has 0 fully saturated rings. The van der Waals surface area contributed by atoms with Gasteiger partial charge in [0.1, 0.15) is 34.3 Å². The maximum absolute atomic E-state index is 12.6. The van der Waals surface area contributed by atoms with Crippen molar-refractivity contribution in [2.24, 2.45) is 5.73 Å². The molecule has 9 nitrogen and oxygen atoms in total. The molecule has 1 unspecified atom stereocenters. The number of benzene rings is 1. The number of hydrogen-bond acceptors (Lipinski definition) is 8. The molecule has 31 heavy (non-hydrogen) atoms. The first kappa shape index (κ1) is 21.4. The Morgan fingerprint density at radius 2 is 1.84 bits per heavy atom. The summed E-state index contributed by atoms with van der Waals surface area (Å²) in [5.41, 5.74) is 12.3. The molecule has 0 bridgehead atoms. The highest BCUT2D eigenvalue weighted by Crippen LogP contribution is 2.37. The van der Waals surface area contributed by atoms with Crippen LogP contribution in [0.2, 0.25) is 0 Å². The highest BCUT2D eigenvalue weighted by atomic mass is 32.2. The zero-order valence-corrected chi connectivity index (χ0v) is 17.1. The summed E-state index contributed by atoms with van der Waals surface area (Å²) in [6.07, 6.45) is 1.42. The van der Waals surface area contributed by atoms with Gasteiger partial charge < -0.3 is 21.2 Å². The Bertz CT molecular complexity index is 1220. The predicted octanol–water partition coefficient (Wildman–Crippen LogP) is 2.89. The summed E-state index contributed by atoms with van der Waals surface area (Å²) in [5.74, 6) is -0.687.